The van der Waals surface area contributed by atoms with Crippen molar-refractivity contribution in [2.75, 3.05) is 0 Å². The number of H-pyrrole nitrogens is 1. The van der Waals surface area contributed by atoms with Gasteiger partial charge in [-0.15, -0.1) is 10.2 Å². The lowest BCUT2D eigenvalue weighted by Gasteiger charge is -2.26. The Hall–Kier alpha value is -1.91. The van der Waals surface area contributed by atoms with E-state index in [1.807, 2.05) is 24.3 Å². The molecule has 0 amide bonds. The van der Waals surface area contributed by atoms with Crippen molar-refractivity contribution in [1.29, 1.82) is 0 Å². The summed E-state index contributed by atoms with van der Waals surface area (Å²) in [4.78, 5) is 0. The summed E-state index contributed by atoms with van der Waals surface area (Å²) in [7, 11) is 0. The van der Waals surface area contributed by atoms with Crippen molar-refractivity contribution in [2.24, 2.45) is 0 Å². The largest absolute Gasteiger partial charge is 0.490 e. The second-order valence-electron chi connectivity index (χ2n) is 3.93. The number of hydrogen-bond acceptors (Lipinski definition) is 4. The standard InChI is InChI=1S/C11H12N4O/c1-3-8(11-12-14-15-13-11)7-10(6-1)16-9-4-2-5-9/h1,3,6-7,9H,2,4-5H2,(H,12,13,14,15). The third-order valence-electron chi connectivity index (χ3n) is 2.79. The molecule has 3 rings (SSSR count). The van der Waals surface area contributed by atoms with Gasteiger partial charge >= 0.3 is 0 Å². The van der Waals surface area contributed by atoms with Gasteiger partial charge in [-0.1, -0.05) is 12.1 Å². The first-order valence-corrected chi connectivity index (χ1v) is 5.42. The van der Waals surface area contributed by atoms with Crippen LogP contribution in [-0.2, 0) is 0 Å². The Morgan fingerprint density at radius 3 is 2.94 bits per heavy atom. The van der Waals surface area contributed by atoms with Gasteiger partial charge < -0.3 is 4.74 Å². The molecule has 0 atom stereocenters. The number of aromatic nitrogens is 4. The highest BCUT2D eigenvalue weighted by atomic mass is 16.5. The van der Waals surface area contributed by atoms with E-state index < -0.39 is 0 Å². The second kappa shape index (κ2) is 3.92. The Balaban J connectivity index is 1.82. The van der Waals surface area contributed by atoms with E-state index in [-0.39, 0.29) is 0 Å². The van der Waals surface area contributed by atoms with Gasteiger partial charge in [0.05, 0.1) is 6.10 Å². The zero-order valence-electron chi connectivity index (χ0n) is 8.76. The highest BCUT2D eigenvalue weighted by Crippen LogP contribution is 2.27. The fraction of sp³-hybridized carbons (Fsp3) is 0.364. The molecule has 82 valence electrons. The predicted octanol–water partition coefficient (Wildman–Crippen LogP) is 1.80. The Morgan fingerprint density at radius 2 is 2.25 bits per heavy atom. The molecule has 1 aromatic heterocycles. The van der Waals surface area contributed by atoms with Gasteiger partial charge in [0.1, 0.15) is 5.75 Å². The molecule has 1 heterocycles. The highest BCUT2D eigenvalue weighted by molar-refractivity contribution is 5.56. The molecule has 5 nitrogen and oxygen atoms in total. The monoisotopic (exact) mass is 216 g/mol. The number of nitrogens with zero attached hydrogens (tertiary/aromatic N) is 3. The minimum atomic E-state index is 0.389. The fourth-order valence-corrected chi connectivity index (χ4v) is 1.67. The van der Waals surface area contributed by atoms with Crippen LogP contribution in [0, 0.1) is 0 Å². The van der Waals surface area contributed by atoms with E-state index in [9.17, 15) is 0 Å². The van der Waals surface area contributed by atoms with Crippen LogP contribution in [0.3, 0.4) is 0 Å². The lowest BCUT2D eigenvalue weighted by molar-refractivity contribution is 0.120. The van der Waals surface area contributed by atoms with Gasteiger partial charge in [-0.05, 0) is 36.6 Å². The molecule has 16 heavy (non-hydrogen) atoms. The van der Waals surface area contributed by atoms with Gasteiger partial charge in [0.15, 0.2) is 0 Å². The first kappa shape index (κ1) is 9.33. The van der Waals surface area contributed by atoms with E-state index in [0.717, 1.165) is 24.2 Å². The van der Waals surface area contributed by atoms with E-state index in [4.69, 9.17) is 4.74 Å². The molecule has 0 bridgehead atoms. The maximum absolute atomic E-state index is 5.80. The van der Waals surface area contributed by atoms with Gasteiger partial charge in [0.2, 0.25) is 5.82 Å². The predicted molar refractivity (Wildman–Crippen MR) is 57.9 cm³/mol. The van der Waals surface area contributed by atoms with Gasteiger partial charge in [-0.2, -0.15) is 5.21 Å². The van der Waals surface area contributed by atoms with Crippen molar-refractivity contribution in [3.63, 3.8) is 0 Å². The summed E-state index contributed by atoms with van der Waals surface area (Å²) >= 11 is 0. The molecule has 0 saturated heterocycles. The van der Waals surface area contributed by atoms with Crippen LogP contribution in [0.5, 0.6) is 5.75 Å². The Labute approximate surface area is 92.8 Å². The summed E-state index contributed by atoms with van der Waals surface area (Å²) in [6.07, 6.45) is 3.98. The van der Waals surface area contributed by atoms with E-state index in [1.54, 1.807) is 0 Å². The van der Waals surface area contributed by atoms with Crippen molar-refractivity contribution < 1.29 is 4.74 Å². The number of ether oxygens (including phenoxy) is 1. The van der Waals surface area contributed by atoms with Gasteiger partial charge in [0.25, 0.3) is 0 Å². The van der Waals surface area contributed by atoms with Gasteiger partial charge in [0, 0.05) is 5.56 Å². The molecular formula is C11H12N4O. The summed E-state index contributed by atoms with van der Waals surface area (Å²) in [6.45, 7) is 0. The van der Waals surface area contributed by atoms with Crippen molar-refractivity contribution in [3.05, 3.63) is 24.3 Å². The molecule has 5 heteroatoms. The maximum Gasteiger partial charge on any atom is 0.204 e. The highest BCUT2D eigenvalue weighted by Gasteiger charge is 2.19. The van der Waals surface area contributed by atoms with E-state index >= 15 is 0 Å². The SMILES string of the molecule is c1cc(OC2CCC2)cc(-c2nn[nH]n2)c1. The molecule has 1 N–H and O–H groups in total. The third kappa shape index (κ3) is 1.76. The number of nitrogens with one attached hydrogen (secondary N) is 1. The van der Waals surface area contributed by atoms with Gasteiger partial charge in [-0.3, -0.25) is 0 Å². The lowest BCUT2D eigenvalue weighted by Crippen LogP contribution is -2.24. The molecule has 0 unspecified atom stereocenters. The number of benzene rings is 1. The van der Waals surface area contributed by atoms with Crippen molar-refractivity contribution >= 4 is 0 Å². The van der Waals surface area contributed by atoms with Crippen LogP contribution in [-0.4, -0.2) is 26.7 Å². The average Bonchev–Trinajstić information content (AvgIpc) is 2.77. The molecule has 0 spiro atoms. The van der Waals surface area contributed by atoms with Crippen molar-refractivity contribution in [1.82, 2.24) is 20.6 Å². The van der Waals surface area contributed by atoms with Crippen LogP contribution in [0.25, 0.3) is 11.4 Å². The van der Waals surface area contributed by atoms with Crippen LogP contribution >= 0.6 is 0 Å². The molecule has 1 aromatic carbocycles. The third-order valence-corrected chi connectivity index (χ3v) is 2.79. The maximum atomic E-state index is 5.80. The van der Waals surface area contributed by atoms with Crippen LogP contribution in [0.15, 0.2) is 24.3 Å². The zero-order valence-corrected chi connectivity index (χ0v) is 8.76. The smallest absolute Gasteiger partial charge is 0.204 e. The fourth-order valence-electron chi connectivity index (χ4n) is 1.67. The Kier molecular flexibility index (Phi) is 2.29. The zero-order chi connectivity index (χ0) is 10.8. The summed E-state index contributed by atoms with van der Waals surface area (Å²) in [5.74, 6) is 1.48. The second-order valence-corrected chi connectivity index (χ2v) is 3.93. The first-order chi connectivity index (χ1) is 7.92. The summed E-state index contributed by atoms with van der Waals surface area (Å²) < 4.78 is 5.80. The normalized spacial score (nSPS) is 15.8. The first-order valence-electron chi connectivity index (χ1n) is 5.42. The van der Waals surface area contributed by atoms with Crippen LogP contribution in [0.4, 0.5) is 0 Å². The molecular weight excluding hydrogens is 204 g/mol. The Bertz CT molecular complexity index is 465. The van der Waals surface area contributed by atoms with Crippen molar-refractivity contribution in [3.8, 4) is 17.1 Å². The molecule has 1 fully saturated rings. The number of aromatic amines is 1. The number of rotatable bonds is 3. The number of hydrogen-bond donors (Lipinski definition) is 1. The van der Waals surface area contributed by atoms with E-state index in [2.05, 4.69) is 20.6 Å². The van der Waals surface area contributed by atoms with Crippen LogP contribution in [0.2, 0.25) is 0 Å². The van der Waals surface area contributed by atoms with Crippen molar-refractivity contribution in [2.45, 2.75) is 25.4 Å². The molecule has 1 aliphatic rings. The topological polar surface area (TPSA) is 63.7 Å². The summed E-state index contributed by atoms with van der Waals surface area (Å²) in [5, 5.41) is 13.9. The summed E-state index contributed by atoms with van der Waals surface area (Å²) in [5.41, 5.74) is 0.922. The summed E-state index contributed by atoms with van der Waals surface area (Å²) in [6, 6.07) is 7.79. The van der Waals surface area contributed by atoms with Crippen LogP contribution in [0.1, 0.15) is 19.3 Å². The molecule has 1 saturated carbocycles. The minimum Gasteiger partial charge on any atom is -0.490 e. The molecule has 0 aliphatic heterocycles. The lowest BCUT2D eigenvalue weighted by atomic mass is 9.96. The van der Waals surface area contributed by atoms with Crippen LogP contribution < -0.4 is 4.74 Å². The van der Waals surface area contributed by atoms with Gasteiger partial charge in [-0.25, -0.2) is 0 Å². The van der Waals surface area contributed by atoms with E-state index in [0.29, 0.717) is 11.9 Å². The molecule has 0 radical (unpaired) electrons. The molecule has 2 aromatic rings. The quantitative estimate of drug-likeness (QED) is 0.849. The molecule has 1 aliphatic carbocycles. The van der Waals surface area contributed by atoms with E-state index in [1.165, 1.54) is 6.42 Å². The minimum absolute atomic E-state index is 0.389. The average molecular weight is 216 g/mol. The Morgan fingerprint density at radius 1 is 1.31 bits per heavy atom. The number of tetrazole rings is 1.